The van der Waals surface area contributed by atoms with Crippen LogP contribution in [0.5, 0.6) is 5.75 Å². The second kappa shape index (κ2) is 7.29. The zero-order valence-electron chi connectivity index (χ0n) is 12.7. The third kappa shape index (κ3) is 4.35. The molecule has 0 atom stereocenters. The van der Waals surface area contributed by atoms with Crippen LogP contribution in [-0.2, 0) is 11.3 Å². The summed E-state index contributed by atoms with van der Waals surface area (Å²) >= 11 is 0. The number of Topliss-reactive ketones (excluding diaryl/α,β-unsaturated/α-hetero) is 1. The summed E-state index contributed by atoms with van der Waals surface area (Å²) in [5, 5.41) is 3.39. The Hall–Kier alpha value is -1.35. The van der Waals surface area contributed by atoms with Crippen molar-refractivity contribution >= 4 is 5.78 Å². The number of hydrogen-bond donors (Lipinski definition) is 1. The van der Waals surface area contributed by atoms with Gasteiger partial charge in [-0.3, -0.25) is 0 Å². The lowest BCUT2D eigenvalue weighted by Gasteiger charge is -2.17. The van der Waals surface area contributed by atoms with Crippen LogP contribution in [0.4, 0.5) is 0 Å². The fourth-order valence-electron chi connectivity index (χ4n) is 2.28. The molecule has 1 aromatic carbocycles. The van der Waals surface area contributed by atoms with Gasteiger partial charge in [0.1, 0.15) is 11.5 Å². The Morgan fingerprint density at radius 1 is 1.26 bits per heavy atom. The summed E-state index contributed by atoms with van der Waals surface area (Å²) in [6, 6.07) is 2.20. The summed E-state index contributed by atoms with van der Waals surface area (Å²) in [5.74, 6) is 1.23. The Balaban J connectivity index is 2.67. The maximum atomic E-state index is 10.9. The first-order valence-electron chi connectivity index (χ1n) is 6.81. The Morgan fingerprint density at radius 3 is 2.53 bits per heavy atom. The van der Waals surface area contributed by atoms with Gasteiger partial charge in [-0.15, -0.1) is 0 Å². The van der Waals surface area contributed by atoms with Crippen molar-refractivity contribution in [3.05, 3.63) is 28.3 Å². The van der Waals surface area contributed by atoms with Gasteiger partial charge in [0.05, 0.1) is 7.11 Å². The van der Waals surface area contributed by atoms with E-state index in [-0.39, 0.29) is 5.78 Å². The summed E-state index contributed by atoms with van der Waals surface area (Å²) in [6.07, 6.45) is 1.54. The third-order valence-corrected chi connectivity index (χ3v) is 3.50. The maximum absolute atomic E-state index is 10.9. The highest BCUT2D eigenvalue weighted by Gasteiger charge is 2.11. The number of ether oxygens (including phenoxy) is 1. The smallest absolute Gasteiger partial charge is 0.129 e. The fraction of sp³-hybridized carbons (Fsp3) is 0.562. The van der Waals surface area contributed by atoms with Gasteiger partial charge in [0, 0.05) is 18.5 Å². The molecule has 0 aliphatic heterocycles. The minimum absolute atomic E-state index is 0.252. The third-order valence-electron chi connectivity index (χ3n) is 3.50. The van der Waals surface area contributed by atoms with E-state index in [1.165, 1.54) is 22.3 Å². The van der Waals surface area contributed by atoms with Crippen molar-refractivity contribution < 1.29 is 9.53 Å². The predicted molar refractivity (Wildman–Crippen MR) is 78.8 cm³/mol. The Bertz CT molecular complexity index is 453. The summed E-state index contributed by atoms with van der Waals surface area (Å²) in [5.41, 5.74) is 4.93. The first-order chi connectivity index (χ1) is 8.97. The van der Waals surface area contributed by atoms with Gasteiger partial charge in [-0.25, -0.2) is 0 Å². The summed E-state index contributed by atoms with van der Waals surface area (Å²) in [6.45, 7) is 9.59. The number of ketones is 1. The van der Waals surface area contributed by atoms with Crippen molar-refractivity contribution in [2.75, 3.05) is 13.7 Å². The molecule has 0 fully saturated rings. The fourth-order valence-corrected chi connectivity index (χ4v) is 2.28. The van der Waals surface area contributed by atoms with Crippen molar-refractivity contribution in [1.82, 2.24) is 5.32 Å². The zero-order chi connectivity index (χ0) is 14.4. The first-order valence-corrected chi connectivity index (χ1v) is 6.81. The number of hydrogen-bond acceptors (Lipinski definition) is 3. The van der Waals surface area contributed by atoms with Gasteiger partial charge in [-0.1, -0.05) is 6.07 Å². The number of aryl methyl sites for hydroxylation is 2. The van der Waals surface area contributed by atoms with Gasteiger partial charge in [-0.05, 0) is 57.4 Å². The Morgan fingerprint density at radius 2 is 1.95 bits per heavy atom. The highest BCUT2D eigenvalue weighted by atomic mass is 16.5. The molecule has 0 bridgehead atoms. The molecule has 3 nitrogen and oxygen atoms in total. The van der Waals surface area contributed by atoms with E-state index < -0.39 is 0 Å². The maximum Gasteiger partial charge on any atom is 0.129 e. The molecular weight excluding hydrogens is 238 g/mol. The molecule has 0 aliphatic carbocycles. The second-order valence-corrected chi connectivity index (χ2v) is 5.13. The van der Waals surface area contributed by atoms with Gasteiger partial charge >= 0.3 is 0 Å². The van der Waals surface area contributed by atoms with Crippen molar-refractivity contribution in [3.63, 3.8) is 0 Å². The average molecular weight is 263 g/mol. The number of rotatable bonds is 7. The lowest BCUT2D eigenvalue weighted by Crippen LogP contribution is -2.17. The van der Waals surface area contributed by atoms with E-state index in [0.717, 1.165) is 25.3 Å². The zero-order valence-corrected chi connectivity index (χ0v) is 12.7. The van der Waals surface area contributed by atoms with Crippen LogP contribution in [-0.4, -0.2) is 19.4 Å². The normalized spacial score (nSPS) is 10.6. The molecule has 0 unspecified atom stereocenters. The van der Waals surface area contributed by atoms with Crippen LogP contribution in [0.25, 0.3) is 0 Å². The van der Waals surface area contributed by atoms with E-state index in [2.05, 4.69) is 32.2 Å². The predicted octanol–water partition coefficient (Wildman–Crippen LogP) is 3.08. The highest BCUT2D eigenvalue weighted by molar-refractivity contribution is 5.75. The molecule has 3 heteroatoms. The van der Waals surface area contributed by atoms with Crippen LogP contribution in [0.2, 0.25) is 0 Å². The molecule has 0 saturated carbocycles. The molecule has 19 heavy (non-hydrogen) atoms. The molecule has 106 valence electrons. The van der Waals surface area contributed by atoms with Crippen molar-refractivity contribution in [3.8, 4) is 5.75 Å². The molecule has 0 aliphatic rings. The molecule has 0 saturated heterocycles. The van der Waals surface area contributed by atoms with Crippen LogP contribution in [0.3, 0.4) is 0 Å². The molecule has 0 amide bonds. The monoisotopic (exact) mass is 263 g/mol. The van der Waals surface area contributed by atoms with Gasteiger partial charge < -0.3 is 14.8 Å². The summed E-state index contributed by atoms with van der Waals surface area (Å²) < 4.78 is 5.54. The van der Waals surface area contributed by atoms with Crippen LogP contribution in [0.1, 0.15) is 42.0 Å². The highest BCUT2D eigenvalue weighted by Crippen LogP contribution is 2.29. The number of methoxy groups -OCH3 is 1. The number of carbonyl (C=O) groups excluding carboxylic acids is 1. The van der Waals surface area contributed by atoms with Gasteiger partial charge in [0.25, 0.3) is 0 Å². The van der Waals surface area contributed by atoms with Crippen molar-refractivity contribution in [2.45, 2.75) is 47.1 Å². The lowest BCUT2D eigenvalue weighted by molar-refractivity contribution is -0.117. The molecule has 1 rings (SSSR count). The molecule has 1 N–H and O–H groups in total. The summed E-state index contributed by atoms with van der Waals surface area (Å²) in [4.78, 5) is 10.9. The Labute approximate surface area is 116 Å². The van der Waals surface area contributed by atoms with Crippen LogP contribution in [0.15, 0.2) is 6.07 Å². The van der Waals surface area contributed by atoms with E-state index in [0.29, 0.717) is 6.42 Å². The quantitative estimate of drug-likeness (QED) is 0.768. The minimum atomic E-state index is 0.252. The van der Waals surface area contributed by atoms with E-state index in [4.69, 9.17) is 4.74 Å². The topological polar surface area (TPSA) is 38.3 Å². The van der Waals surface area contributed by atoms with Crippen LogP contribution >= 0.6 is 0 Å². The van der Waals surface area contributed by atoms with E-state index >= 15 is 0 Å². The lowest BCUT2D eigenvalue weighted by atomic mass is 9.99. The Kier molecular flexibility index (Phi) is 6.03. The number of carbonyl (C=O) groups is 1. The summed E-state index contributed by atoms with van der Waals surface area (Å²) in [7, 11) is 1.72. The average Bonchev–Trinajstić information content (AvgIpc) is 2.34. The number of benzene rings is 1. The van der Waals surface area contributed by atoms with Crippen molar-refractivity contribution in [2.24, 2.45) is 0 Å². The van der Waals surface area contributed by atoms with Gasteiger partial charge in [0.2, 0.25) is 0 Å². The first kappa shape index (κ1) is 15.7. The molecule has 0 spiro atoms. The molecule has 0 aromatic heterocycles. The minimum Gasteiger partial charge on any atom is -0.496 e. The van der Waals surface area contributed by atoms with Gasteiger partial charge in [-0.2, -0.15) is 0 Å². The standard InChI is InChI=1S/C16H25NO2/c1-11-9-12(2)15(16(19-5)14(11)4)10-17-8-6-7-13(3)18/h9,17H,6-8,10H2,1-5H3. The largest absolute Gasteiger partial charge is 0.496 e. The SMILES string of the molecule is COc1c(C)c(C)cc(C)c1CNCCCC(C)=O. The van der Waals surface area contributed by atoms with E-state index in [1.807, 2.05) is 0 Å². The molecule has 0 radical (unpaired) electrons. The van der Waals surface area contributed by atoms with Crippen LogP contribution in [0, 0.1) is 20.8 Å². The van der Waals surface area contributed by atoms with E-state index in [9.17, 15) is 4.79 Å². The van der Waals surface area contributed by atoms with Crippen molar-refractivity contribution in [1.29, 1.82) is 0 Å². The van der Waals surface area contributed by atoms with E-state index in [1.54, 1.807) is 14.0 Å². The molecular formula is C16H25NO2. The van der Waals surface area contributed by atoms with Gasteiger partial charge in [0.15, 0.2) is 0 Å². The second-order valence-electron chi connectivity index (χ2n) is 5.13. The molecule has 0 heterocycles. The molecule has 1 aromatic rings. The van der Waals surface area contributed by atoms with Crippen LogP contribution < -0.4 is 10.1 Å². The number of nitrogens with one attached hydrogen (secondary N) is 1.